The molecule has 2 N–H and O–H groups in total. The summed E-state index contributed by atoms with van der Waals surface area (Å²) in [5.74, 6) is 1.38. The van der Waals surface area contributed by atoms with E-state index < -0.39 is 18.1 Å². The molecule has 2 atom stereocenters. The number of carbonyl (C=O) groups is 3. The molecular formula is C32H36N4O9. The summed E-state index contributed by atoms with van der Waals surface area (Å²) in [5, 5.41) is 5.91. The zero-order valence-corrected chi connectivity index (χ0v) is 25.6. The van der Waals surface area contributed by atoms with Crippen LogP contribution in [0, 0.1) is 0 Å². The Labute approximate surface area is 260 Å². The van der Waals surface area contributed by atoms with Gasteiger partial charge in [-0.15, -0.1) is 0 Å². The molecule has 0 aliphatic carbocycles. The second kappa shape index (κ2) is 14.1. The van der Waals surface area contributed by atoms with Crippen molar-refractivity contribution in [3.05, 3.63) is 65.2 Å². The molecule has 5 aliphatic heterocycles. The number of ether oxygens (including phenoxy) is 6. The number of benzene rings is 2. The van der Waals surface area contributed by atoms with E-state index in [-0.39, 0.29) is 55.9 Å². The smallest absolute Gasteiger partial charge is 0.259 e. The second-order valence-corrected chi connectivity index (χ2v) is 10.5. The lowest BCUT2D eigenvalue weighted by atomic mass is 10.1. The van der Waals surface area contributed by atoms with Crippen LogP contribution in [-0.4, -0.2) is 87.9 Å². The SMILES string of the molecule is COc1ccc(C(=O)N2C[C@H]3NC(=O)COc4ccc(cc4OC)CCC(=O)NCc4ccc(cc4OC)O[C@@H]3C2)c(OC)n1. The molecule has 1 saturated heterocycles. The Morgan fingerprint density at radius 1 is 0.889 bits per heavy atom. The van der Waals surface area contributed by atoms with Crippen molar-refractivity contribution in [2.45, 2.75) is 31.5 Å². The first-order chi connectivity index (χ1) is 21.8. The quantitative estimate of drug-likeness (QED) is 0.435. The minimum Gasteiger partial charge on any atom is -0.496 e. The van der Waals surface area contributed by atoms with Crippen molar-refractivity contribution in [1.29, 1.82) is 0 Å². The van der Waals surface area contributed by atoms with Crippen LogP contribution in [0.2, 0.25) is 0 Å². The van der Waals surface area contributed by atoms with E-state index in [1.807, 2.05) is 12.1 Å². The van der Waals surface area contributed by atoms with Crippen LogP contribution < -0.4 is 39.1 Å². The fourth-order valence-electron chi connectivity index (χ4n) is 5.26. The van der Waals surface area contributed by atoms with E-state index in [4.69, 9.17) is 28.4 Å². The van der Waals surface area contributed by atoms with Crippen molar-refractivity contribution < 1.29 is 42.8 Å². The molecule has 1 fully saturated rings. The van der Waals surface area contributed by atoms with Crippen molar-refractivity contribution >= 4 is 17.7 Å². The number of methoxy groups -OCH3 is 4. The number of rotatable bonds is 5. The van der Waals surface area contributed by atoms with E-state index in [9.17, 15) is 14.4 Å². The number of hydrogen-bond acceptors (Lipinski definition) is 10. The van der Waals surface area contributed by atoms with Gasteiger partial charge in [0.15, 0.2) is 18.1 Å². The molecule has 0 spiro atoms. The Bertz CT molecular complexity index is 1560. The van der Waals surface area contributed by atoms with Crippen LogP contribution in [0.1, 0.15) is 27.9 Å². The maximum absolute atomic E-state index is 13.6. The fourth-order valence-corrected chi connectivity index (χ4v) is 5.26. The molecule has 5 aliphatic rings. The molecule has 2 aromatic carbocycles. The average molecular weight is 621 g/mol. The van der Waals surface area contributed by atoms with Gasteiger partial charge in [-0.05, 0) is 42.3 Å². The van der Waals surface area contributed by atoms with Crippen molar-refractivity contribution in [1.82, 2.24) is 20.5 Å². The first kappa shape index (κ1) is 31.2. The summed E-state index contributed by atoms with van der Waals surface area (Å²) < 4.78 is 33.7. The maximum atomic E-state index is 13.6. The summed E-state index contributed by atoms with van der Waals surface area (Å²) in [5.41, 5.74) is 1.89. The van der Waals surface area contributed by atoms with Crippen LogP contribution in [0.3, 0.4) is 0 Å². The van der Waals surface area contributed by atoms with Gasteiger partial charge in [0.05, 0.1) is 41.0 Å². The van der Waals surface area contributed by atoms with Crippen molar-refractivity contribution in [3.63, 3.8) is 0 Å². The third-order valence-corrected chi connectivity index (χ3v) is 7.62. The normalized spacial score (nSPS) is 18.5. The maximum Gasteiger partial charge on any atom is 0.259 e. The number of likely N-dealkylation sites (tertiary alicyclic amines) is 1. The number of aromatic nitrogens is 1. The molecule has 3 aromatic rings. The zero-order chi connectivity index (χ0) is 31.9. The zero-order valence-electron chi connectivity index (χ0n) is 25.6. The first-order valence-electron chi connectivity index (χ1n) is 14.4. The van der Waals surface area contributed by atoms with E-state index in [1.54, 1.807) is 41.3 Å². The molecular weight excluding hydrogens is 584 g/mol. The Morgan fingerprint density at radius 2 is 1.71 bits per heavy atom. The lowest BCUT2D eigenvalue weighted by molar-refractivity contribution is -0.124. The van der Waals surface area contributed by atoms with Crippen LogP contribution in [-0.2, 0) is 22.6 Å². The number of amides is 3. The van der Waals surface area contributed by atoms with Crippen molar-refractivity contribution in [3.8, 4) is 34.8 Å². The molecule has 4 bridgehead atoms. The van der Waals surface area contributed by atoms with Gasteiger partial charge in [0.25, 0.3) is 11.8 Å². The molecule has 13 heteroatoms. The predicted octanol–water partition coefficient (Wildman–Crippen LogP) is 2.15. The summed E-state index contributed by atoms with van der Waals surface area (Å²) in [6, 6.07) is 13.2. The largest absolute Gasteiger partial charge is 0.496 e. The minimum absolute atomic E-state index is 0.119. The van der Waals surface area contributed by atoms with E-state index in [1.165, 1.54) is 28.4 Å². The van der Waals surface area contributed by atoms with Crippen molar-refractivity contribution in [2.24, 2.45) is 0 Å². The highest BCUT2D eigenvalue weighted by atomic mass is 16.5. The molecule has 0 radical (unpaired) electrons. The van der Waals surface area contributed by atoms with Gasteiger partial charge in [-0.3, -0.25) is 14.4 Å². The Balaban J connectivity index is 1.43. The van der Waals surface area contributed by atoms with Crippen molar-refractivity contribution in [2.75, 3.05) is 48.1 Å². The molecule has 0 unspecified atom stereocenters. The topological polar surface area (TPSA) is 147 Å². The third kappa shape index (κ3) is 7.31. The number of pyridine rings is 1. The highest BCUT2D eigenvalue weighted by Gasteiger charge is 2.39. The summed E-state index contributed by atoms with van der Waals surface area (Å²) in [4.78, 5) is 45.2. The molecule has 13 nitrogen and oxygen atoms in total. The van der Waals surface area contributed by atoms with Crippen LogP contribution >= 0.6 is 0 Å². The number of nitrogens with zero attached hydrogens (tertiary/aromatic N) is 2. The summed E-state index contributed by atoms with van der Waals surface area (Å²) in [6.45, 7) is 0.285. The van der Waals surface area contributed by atoms with Crippen LogP contribution in [0.5, 0.6) is 34.8 Å². The monoisotopic (exact) mass is 620 g/mol. The summed E-state index contributed by atoms with van der Waals surface area (Å²) in [7, 11) is 5.94. The molecule has 3 amide bonds. The molecule has 45 heavy (non-hydrogen) atoms. The highest BCUT2D eigenvalue weighted by Crippen LogP contribution is 2.30. The third-order valence-electron chi connectivity index (χ3n) is 7.62. The van der Waals surface area contributed by atoms with Gasteiger partial charge >= 0.3 is 0 Å². The highest BCUT2D eigenvalue weighted by molar-refractivity contribution is 5.96. The molecule has 1 aromatic heterocycles. The standard InChI is InChI=1S/C32H36N4O9/c1-40-25-14-21-8-7-20(25)15-33-28(37)11-6-19-5-10-24(26(13-19)41-2)44-18-29(38)34-23-16-36(17-27(23)45-21)32(39)22-9-12-30(42-3)35-31(22)43-4/h5,7-10,12-14,23,27H,6,11,15-18H2,1-4H3,(H,33,37)(H,34,38)/t23-,27-/m1/s1. The summed E-state index contributed by atoms with van der Waals surface area (Å²) in [6.07, 6.45) is 0.139. The molecule has 0 saturated carbocycles. The van der Waals surface area contributed by atoms with Gasteiger partial charge in [-0.1, -0.05) is 6.07 Å². The van der Waals surface area contributed by atoms with Crippen LogP contribution in [0.15, 0.2) is 48.5 Å². The van der Waals surface area contributed by atoms with Gasteiger partial charge in [0.2, 0.25) is 17.7 Å². The number of hydrogen-bond donors (Lipinski definition) is 2. The van der Waals surface area contributed by atoms with E-state index in [0.29, 0.717) is 35.3 Å². The Kier molecular flexibility index (Phi) is 9.76. The summed E-state index contributed by atoms with van der Waals surface area (Å²) >= 11 is 0. The number of carbonyl (C=O) groups excluding carboxylic acids is 3. The second-order valence-electron chi connectivity index (χ2n) is 10.5. The average Bonchev–Trinajstić information content (AvgIpc) is 3.45. The van der Waals surface area contributed by atoms with Gasteiger partial charge < -0.3 is 44.0 Å². The predicted molar refractivity (Wildman–Crippen MR) is 161 cm³/mol. The van der Waals surface area contributed by atoms with Gasteiger partial charge in [-0.25, -0.2) is 0 Å². The number of aryl methyl sites for hydroxylation is 1. The molecule has 8 rings (SSSR count). The van der Waals surface area contributed by atoms with Gasteiger partial charge in [-0.2, -0.15) is 4.98 Å². The molecule has 6 heterocycles. The first-order valence-corrected chi connectivity index (χ1v) is 14.4. The lowest BCUT2D eigenvalue weighted by Gasteiger charge is -2.22. The minimum atomic E-state index is -0.621. The van der Waals surface area contributed by atoms with E-state index in [0.717, 1.165) is 11.1 Å². The fraction of sp³-hybridized carbons (Fsp3) is 0.375. The Hall–Kier alpha value is -5.20. The Morgan fingerprint density at radius 3 is 2.47 bits per heavy atom. The van der Waals surface area contributed by atoms with Gasteiger partial charge in [0.1, 0.15) is 23.2 Å². The van der Waals surface area contributed by atoms with E-state index in [2.05, 4.69) is 15.6 Å². The van der Waals surface area contributed by atoms with E-state index >= 15 is 0 Å². The number of nitrogens with one attached hydrogen (secondary N) is 2. The van der Waals surface area contributed by atoms with Crippen LogP contribution in [0.25, 0.3) is 0 Å². The van der Waals surface area contributed by atoms with Gasteiger partial charge in [0, 0.05) is 37.2 Å². The van der Waals surface area contributed by atoms with Crippen LogP contribution in [0.4, 0.5) is 0 Å². The molecule has 238 valence electrons. The lowest BCUT2D eigenvalue weighted by Crippen LogP contribution is -2.46.